The Balaban J connectivity index is 1.92. The molecule has 0 spiro atoms. The van der Waals surface area contributed by atoms with E-state index in [1.807, 2.05) is 11.8 Å². The molecular formula is C13H21NO3. The van der Waals surface area contributed by atoms with Gasteiger partial charge in [0.15, 0.2) is 0 Å². The number of allylic oxidation sites excluding steroid dienone is 2. The average molecular weight is 239 g/mol. The first kappa shape index (κ1) is 12.6. The molecular weight excluding hydrogens is 218 g/mol. The molecule has 1 amide bonds. The lowest BCUT2D eigenvalue weighted by atomic mass is 10.0. The van der Waals surface area contributed by atoms with Crippen molar-refractivity contribution in [2.45, 2.75) is 32.0 Å². The lowest BCUT2D eigenvalue weighted by Gasteiger charge is -2.37. The van der Waals surface area contributed by atoms with Crippen LogP contribution in [0.2, 0.25) is 0 Å². The van der Waals surface area contributed by atoms with E-state index in [2.05, 4.69) is 12.2 Å². The van der Waals surface area contributed by atoms with Crippen molar-refractivity contribution >= 4 is 5.91 Å². The van der Waals surface area contributed by atoms with Crippen LogP contribution in [-0.4, -0.2) is 49.8 Å². The Labute approximate surface area is 103 Å². The number of amides is 1. The van der Waals surface area contributed by atoms with Gasteiger partial charge in [0.25, 0.3) is 0 Å². The zero-order chi connectivity index (χ0) is 12.3. The Bertz CT molecular complexity index is 295. The van der Waals surface area contributed by atoms with E-state index in [0.717, 1.165) is 12.8 Å². The molecule has 2 rings (SSSR count). The Morgan fingerprint density at radius 2 is 2.12 bits per heavy atom. The Morgan fingerprint density at radius 3 is 2.76 bits per heavy atom. The highest BCUT2D eigenvalue weighted by molar-refractivity contribution is 5.79. The number of hydrogen-bond donors (Lipinski definition) is 0. The molecule has 0 bridgehead atoms. The van der Waals surface area contributed by atoms with E-state index in [4.69, 9.17) is 9.47 Å². The van der Waals surface area contributed by atoms with E-state index < -0.39 is 0 Å². The molecule has 0 aromatic carbocycles. The van der Waals surface area contributed by atoms with E-state index in [9.17, 15) is 4.79 Å². The first-order chi connectivity index (χ1) is 8.20. The van der Waals surface area contributed by atoms with Gasteiger partial charge in [0.05, 0.1) is 18.8 Å². The molecule has 0 radical (unpaired) electrons. The average Bonchev–Trinajstić information content (AvgIpc) is 2.81. The van der Waals surface area contributed by atoms with E-state index in [1.54, 1.807) is 7.11 Å². The number of methoxy groups -OCH3 is 1. The summed E-state index contributed by atoms with van der Waals surface area (Å²) >= 11 is 0. The minimum absolute atomic E-state index is 0.0158. The van der Waals surface area contributed by atoms with Gasteiger partial charge in [0.2, 0.25) is 5.91 Å². The van der Waals surface area contributed by atoms with Gasteiger partial charge in [-0.25, -0.2) is 0 Å². The standard InChI is InChI=1S/C13H21NO3/c1-10-7-14(8-12(17-10)9-16-2)13(15)11-5-3-4-6-11/h3-4,10-12H,5-9H2,1-2H3. The topological polar surface area (TPSA) is 38.8 Å². The number of ether oxygens (including phenoxy) is 2. The summed E-state index contributed by atoms with van der Waals surface area (Å²) in [5.41, 5.74) is 0. The fourth-order valence-corrected chi connectivity index (χ4v) is 2.58. The summed E-state index contributed by atoms with van der Waals surface area (Å²) in [6, 6.07) is 0. The highest BCUT2D eigenvalue weighted by atomic mass is 16.5. The van der Waals surface area contributed by atoms with Gasteiger partial charge in [-0.1, -0.05) is 12.2 Å². The Morgan fingerprint density at radius 1 is 1.41 bits per heavy atom. The van der Waals surface area contributed by atoms with Crippen LogP contribution in [0.3, 0.4) is 0 Å². The van der Waals surface area contributed by atoms with Crippen molar-refractivity contribution in [1.82, 2.24) is 4.90 Å². The molecule has 17 heavy (non-hydrogen) atoms. The zero-order valence-corrected chi connectivity index (χ0v) is 10.6. The maximum Gasteiger partial charge on any atom is 0.226 e. The lowest BCUT2D eigenvalue weighted by molar-refractivity contribution is -0.151. The predicted molar refractivity (Wildman–Crippen MR) is 64.7 cm³/mol. The molecule has 2 aliphatic rings. The van der Waals surface area contributed by atoms with Crippen LogP contribution in [0.15, 0.2) is 12.2 Å². The number of morpholine rings is 1. The van der Waals surface area contributed by atoms with Crippen LogP contribution < -0.4 is 0 Å². The molecule has 0 aromatic rings. The monoisotopic (exact) mass is 239 g/mol. The number of hydrogen-bond acceptors (Lipinski definition) is 3. The van der Waals surface area contributed by atoms with E-state index in [0.29, 0.717) is 19.7 Å². The zero-order valence-electron chi connectivity index (χ0n) is 10.6. The third-order valence-corrected chi connectivity index (χ3v) is 3.35. The molecule has 1 saturated heterocycles. The summed E-state index contributed by atoms with van der Waals surface area (Å²) in [4.78, 5) is 14.2. The van der Waals surface area contributed by atoms with Gasteiger partial charge in [-0.2, -0.15) is 0 Å². The summed E-state index contributed by atoms with van der Waals surface area (Å²) < 4.78 is 10.8. The minimum atomic E-state index is 0.0158. The quantitative estimate of drug-likeness (QED) is 0.695. The third-order valence-electron chi connectivity index (χ3n) is 3.35. The predicted octanol–water partition coefficient (Wildman–Crippen LogP) is 1.21. The van der Waals surface area contributed by atoms with Gasteiger partial charge in [-0.05, 0) is 19.8 Å². The molecule has 4 nitrogen and oxygen atoms in total. The summed E-state index contributed by atoms with van der Waals surface area (Å²) in [6.07, 6.45) is 6.08. The molecule has 96 valence electrons. The second-order valence-corrected chi connectivity index (χ2v) is 4.91. The van der Waals surface area contributed by atoms with Crippen molar-refractivity contribution in [2.75, 3.05) is 26.8 Å². The molecule has 1 aliphatic heterocycles. The maximum absolute atomic E-state index is 12.3. The van der Waals surface area contributed by atoms with Crippen LogP contribution in [-0.2, 0) is 14.3 Å². The Kier molecular flexibility index (Phi) is 4.18. The van der Waals surface area contributed by atoms with Crippen molar-refractivity contribution in [1.29, 1.82) is 0 Å². The van der Waals surface area contributed by atoms with Crippen LogP contribution >= 0.6 is 0 Å². The lowest BCUT2D eigenvalue weighted by Crippen LogP contribution is -2.51. The van der Waals surface area contributed by atoms with Crippen molar-refractivity contribution in [3.05, 3.63) is 12.2 Å². The van der Waals surface area contributed by atoms with Crippen LogP contribution in [0.5, 0.6) is 0 Å². The smallest absolute Gasteiger partial charge is 0.226 e. The SMILES string of the molecule is COCC1CN(C(=O)C2CC=CC2)CC(C)O1. The fourth-order valence-electron chi connectivity index (χ4n) is 2.58. The summed E-state index contributed by atoms with van der Waals surface area (Å²) in [5, 5.41) is 0. The van der Waals surface area contributed by atoms with Gasteiger partial charge in [0, 0.05) is 26.1 Å². The molecule has 2 atom stereocenters. The van der Waals surface area contributed by atoms with Gasteiger partial charge in [-0.15, -0.1) is 0 Å². The van der Waals surface area contributed by atoms with E-state index >= 15 is 0 Å². The highest BCUT2D eigenvalue weighted by Gasteiger charge is 2.32. The molecule has 0 N–H and O–H groups in total. The number of carbonyl (C=O) groups excluding carboxylic acids is 1. The van der Waals surface area contributed by atoms with Crippen molar-refractivity contribution in [2.24, 2.45) is 5.92 Å². The van der Waals surface area contributed by atoms with Crippen LogP contribution in [0, 0.1) is 5.92 Å². The normalized spacial score (nSPS) is 29.9. The van der Waals surface area contributed by atoms with Crippen molar-refractivity contribution < 1.29 is 14.3 Å². The van der Waals surface area contributed by atoms with Crippen LogP contribution in [0.25, 0.3) is 0 Å². The number of carbonyl (C=O) groups is 1. The first-order valence-corrected chi connectivity index (χ1v) is 6.29. The summed E-state index contributed by atoms with van der Waals surface area (Å²) in [6.45, 7) is 3.93. The molecule has 0 aromatic heterocycles. The van der Waals surface area contributed by atoms with Gasteiger partial charge >= 0.3 is 0 Å². The first-order valence-electron chi connectivity index (χ1n) is 6.29. The maximum atomic E-state index is 12.3. The minimum Gasteiger partial charge on any atom is -0.382 e. The van der Waals surface area contributed by atoms with Gasteiger partial charge in [0.1, 0.15) is 0 Å². The second-order valence-electron chi connectivity index (χ2n) is 4.91. The number of rotatable bonds is 3. The molecule has 2 unspecified atom stereocenters. The largest absolute Gasteiger partial charge is 0.382 e. The fraction of sp³-hybridized carbons (Fsp3) is 0.769. The highest BCUT2D eigenvalue weighted by Crippen LogP contribution is 2.22. The molecule has 1 heterocycles. The number of nitrogens with zero attached hydrogens (tertiary/aromatic N) is 1. The van der Waals surface area contributed by atoms with Gasteiger partial charge in [-0.3, -0.25) is 4.79 Å². The molecule has 4 heteroatoms. The summed E-state index contributed by atoms with van der Waals surface area (Å²) in [5.74, 6) is 0.426. The molecule has 1 aliphatic carbocycles. The Hall–Kier alpha value is -0.870. The van der Waals surface area contributed by atoms with E-state index in [-0.39, 0.29) is 24.0 Å². The van der Waals surface area contributed by atoms with E-state index in [1.165, 1.54) is 0 Å². The molecule has 1 fully saturated rings. The van der Waals surface area contributed by atoms with Crippen LogP contribution in [0.1, 0.15) is 19.8 Å². The van der Waals surface area contributed by atoms with Crippen molar-refractivity contribution in [3.63, 3.8) is 0 Å². The summed E-state index contributed by atoms with van der Waals surface area (Å²) in [7, 11) is 1.66. The third kappa shape index (κ3) is 3.07. The molecule has 0 saturated carbocycles. The second kappa shape index (κ2) is 5.65. The van der Waals surface area contributed by atoms with Crippen LogP contribution in [0.4, 0.5) is 0 Å². The van der Waals surface area contributed by atoms with Crippen molar-refractivity contribution in [3.8, 4) is 0 Å². The van der Waals surface area contributed by atoms with Gasteiger partial charge < -0.3 is 14.4 Å².